The molecule has 4 heteroatoms. The van der Waals surface area contributed by atoms with Gasteiger partial charge in [-0.25, -0.2) is 0 Å². The van der Waals surface area contributed by atoms with Crippen molar-refractivity contribution in [3.05, 3.63) is 29.8 Å². The molecule has 1 unspecified atom stereocenters. The van der Waals surface area contributed by atoms with Crippen LogP contribution in [-0.2, 0) is 4.79 Å². The van der Waals surface area contributed by atoms with Crippen LogP contribution in [0.2, 0.25) is 0 Å². The summed E-state index contributed by atoms with van der Waals surface area (Å²) in [5.41, 5.74) is 6.65. The Morgan fingerprint density at radius 3 is 2.80 bits per heavy atom. The molecule has 1 spiro atoms. The first kappa shape index (κ1) is 13.4. The second kappa shape index (κ2) is 5.09. The van der Waals surface area contributed by atoms with E-state index in [1.54, 1.807) is 6.92 Å². The first-order valence-electron chi connectivity index (χ1n) is 7.44. The van der Waals surface area contributed by atoms with Gasteiger partial charge in [0.05, 0.1) is 12.1 Å². The van der Waals surface area contributed by atoms with Crippen molar-refractivity contribution in [2.75, 3.05) is 0 Å². The molecule has 1 heterocycles. The van der Waals surface area contributed by atoms with Crippen LogP contribution < -0.4 is 15.8 Å². The summed E-state index contributed by atoms with van der Waals surface area (Å²) in [4.78, 5) is 11.9. The highest BCUT2D eigenvalue weighted by atomic mass is 16.5. The lowest BCUT2D eigenvalue weighted by atomic mass is 9.86. The molecule has 1 saturated carbocycles. The molecule has 0 saturated heterocycles. The second-order valence-electron chi connectivity index (χ2n) is 6.08. The number of carbonyl (C=O) groups excluding carboxylic acids is 1. The van der Waals surface area contributed by atoms with Gasteiger partial charge in [0.25, 0.3) is 0 Å². The molecular formula is C16H22N2O2. The van der Waals surface area contributed by atoms with E-state index in [0.717, 1.165) is 30.6 Å². The number of ether oxygens (including phenoxy) is 1. The maximum Gasteiger partial charge on any atom is 0.237 e. The van der Waals surface area contributed by atoms with Crippen molar-refractivity contribution in [2.24, 2.45) is 5.73 Å². The van der Waals surface area contributed by atoms with E-state index in [1.165, 1.54) is 12.8 Å². The molecule has 1 amide bonds. The standard InChI is InChI=1S/C16H22N2O2/c1-11(17)15(19)18-13-10-16(8-4-5-9-16)20-14-7-3-2-6-12(13)14/h2-3,6-7,11,13H,4-5,8-10,17H2,1H3,(H,18,19)/t11-,13?/m1/s1. The first-order chi connectivity index (χ1) is 9.60. The van der Waals surface area contributed by atoms with Crippen LogP contribution in [0.3, 0.4) is 0 Å². The van der Waals surface area contributed by atoms with Crippen molar-refractivity contribution < 1.29 is 9.53 Å². The Morgan fingerprint density at radius 1 is 1.40 bits per heavy atom. The lowest BCUT2D eigenvalue weighted by Gasteiger charge is -2.40. The number of hydrogen-bond donors (Lipinski definition) is 2. The third-order valence-electron chi connectivity index (χ3n) is 4.44. The van der Waals surface area contributed by atoms with E-state index in [9.17, 15) is 4.79 Å². The van der Waals surface area contributed by atoms with E-state index < -0.39 is 6.04 Å². The minimum absolute atomic E-state index is 0.0107. The van der Waals surface area contributed by atoms with Crippen molar-refractivity contribution in [3.63, 3.8) is 0 Å². The highest BCUT2D eigenvalue weighted by Crippen LogP contribution is 2.46. The monoisotopic (exact) mass is 274 g/mol. The Morgan fingerprint density at radius 2 is 2.10 bits per heavy atom. The van der Waals surface area contributed by atoms with Crippen molar-refractivity contribution >= 4 is 5.91 Å². The third-order valence-corrected chi connectivity index (χ3v) is 4.44. The van der Waals surface area contributed by atoms with Crippen LogP contribution in [0, 0.1) is 0 Å². The number of rotatable bonds is 2. The molecule has 1 aliphatic heterocycles. The minimum Gasteiger partial charge on any atom is -0.487 e. The Hall–Kier alpha value is -1.55. The lowest BCUT2D eigenvalue weighted by Crippen LogP contribution is -2.46. The molecule has 0 bridgehead atoms. The molecule has 4 nitrogen and oxygen atoms in total. The van der Waals surface area contributed by atoms with E-state index >= 15 is 0 Å². The molecule has 2 aliphatic rings. The molecule has 1 aromatic carbocycles. The van der Waals surface area contributed by atoms with Gasteiger partial charge in [0.1, 0.15) is 11.4 Å². The van der Waals surface area contributed by atoms with Gasteiger partial charge in [0.15, 0.2) is 0 Å². The van der Waals surface area contributed by atoms with Crippen LogP contribution in [0.25, 0.3) is 0 Å². The van der Waals surface area contributed by atoms with Crippen LogP contribution in [0.5, 0.6) is 5.75 Å². The van der Waals surface area contributed by atoms with Crippen LogP contribution in [0.4, 0.5) is 0 Å². The van der Waals surface area contributed by atoms with Crippen molar-refractivity contribution in [3.8, 4) is 5.75 Å². The second-order valence-corrected chi connectivity index (χ2v) is 6.08. The zero-order valence-corrected chi connectivity index (χ0v) is 11.9. The molecule has 108 valence electrons. The van der Waals surface area contributed by atoms with Crippen LogP contribution in [-0.4, -0.2) is 17.6 Å². The van der Waals surface area contributed by atoms with Crippen LogP contribution in [0.15, 0.2) is 24.3 Å². The summed E-state index contributed by atoms with van der Waals surface area (Å²) in [6.45, 7) is 1.71. The van der Waals surface area contributed by atoms with E-state index in [1.807, 2.05) is 24.3 Å². The zero-order valence-electron chi connectivity index (χ0n) is 11.9. The summed E-state index contributed by atoms with van der Waals surface area (Å²) in [5.74, 6) is 0.815. The molecule has 0 radical (unpaired) electrons. The quantitative estimate of drug-likeness (QED) is 0.869. The third kappa shape index (κ3) is 2.40. The summed E-state index contributed by atoms with van der Waals surface area (Å²) < 4.78 is 6.27. The number of para-hydroxylation sites is 1. The Bertz CT molecular complexity index is 507. The van der Waals surface area contributed by atoms with E-state index in [4.69, 9.17) is 10.5 Å². The molecule has 0 aromatic heterocycles. The molecular weight excluding hydrogens is 252 g/mol. The normalized spacial score (nSPS) is 24.8. The van der Waals surface area contributed by atoms with Gasteiger partial charge in [-0.05, 0) is 38.7 Å². The molecule has 3 rings (SSSR count). The van der Waals surface area contributed by atoms with Crippen LogP contribution >= 0.6 is 0 Å². The van der Waals surface area contributed by atoms with Gasteiger partial charge >= 0.3 is 0 Å². The first-order valence-corrected chi connectivity index (χ1v) is 7.44. The largest absolute Gasteiger partial charge is 0.487 e. The van der Waals surface area contributed by atoms with Gasteiger partial charge in [-0.2, -0.15) is 0 Å². The average Bonchev–Trinajstić information content (AvgIpc) is 2.86. The number of hydrogen-bond acceptors (Lipinski definition) is 3. The number of nitrogens with one attached hydrogen (secondary N) is 1. The number of benzene rings is 1. The van der Waals surface area contributed by atoms with Crippen molar-refractivity contribution in [1.29, 1.82) is 0 Å². The molecule has 20 heavy (non-hydrogen) atoms. The van der Waals surface area contributed by atoms with E-state index in [2.05, 4.69) is 5.32 Å². The fourth-order valence-electron chi connectivity index (χ4n) is 3.38. The average molecular weight is 274 g/mol. The number of fused-ring (bicyclic) bond motifs is 1. The summed E-state index contributed by atoms with van der Waals surface area (Å²) in [5, 5.41) is 3.08. The minimum atomic E-state index is -0.482. The maximum atomic E-state index is 11.9. The van der Waals surface area contributed by atoms with E-state index in [0.29, 0.717) is 0 Å². The Balaban J connectivity index is 1.89. The summed E-state index contributed by atoms with van der Waals surface area (Å²) in [6, 6.07) is 7.53. The highest BCUT2D eigenvalue weighted by Gasteiger charge is 2.43. The fourth-order valence-corrected chi connectivity index (χ4v) is 3.38. The SMILES string of the molecule is C[C@@H](N)C(=O)NC1CC2(CCCC2)Oc2ccccc21. The molecule has 1 fully saturated rings. The molecule has 1 aliphatic carbocycles. The zero-order chi connectivity index (χ0) is 14.2. The van der Waals surface area contributed by atoms with Crippen LogP contribution in [0.1, 0.15) is 50.6 Å². The Labute approximate surface area is 119 Å². The van der Waals surface area contributed by atoms with Gasteiger partial charge in [-0.1, -0.05) is 18.2 Å². The smallest absolute Gasteiger partial charge is 0.237 e. The summed E-state index contributed by atoms with van der Waals surface area (Å²) in [6.07, 6.45) is 5.41. The molecule has 3 N–H and O–H groups in total. The lowest BCUT2D eigenvalue weighted by molar-refractivity contribution is -0.123. The Kier molecular flexibility index (Phi) is 3.42. The fraction of sp³-hybridized carbons (Fsp3) is 0.562. The number of amides is 1. The van der Waals surface area contributed by atoms with Gasteiger partial charge < -0.3 is 15.8 Å². The van der Waals surface area contributed by atoms with Gasteiger partial charge in [-0.3, -0.25) is 4.79 Å². The van der Waals surface area contributed by atoms with Crippen molar-refractivity contribution in [2.45, 2.75) is 56.7 Å². The summed E-state index contributed by atoms with van der Waals surface area (Å²) >= 11 is 0. The van der Waals surface area contributed by atoms with Crippen molar-refractivity contribution in [1.82, 2.24) is 5.32 Å². The van der Waals surface area contributed by atoms with Gasteiger partial charge in [0.2, 0.25) is 5.91 Å². The topological polar surface area (TPSA) is 64.4 Å². The highest BCUT2D eigenvalue weighted by molar-refractivity contribution is 5.81. The summed E-state index contributed by atoms with van der Waals surface area (Å²) in [7, 11) is 0. The maximum absolute atomic E-state index is 11.9. The number of nitrogens with two attached hydrogens (primary N) is 1. The van der Waals surface area contributed by atoms with E-state index in [-0.39, 0.29) is 17.6 Å². The van der Waals surface area contributed by atoms with Gasteiger partial charge in [0, 0.05) is 12.0 Å². The molecule has 1 aromatic rings. The predicted octanol–water partition coefficient (Wildman–Crippen LogP) is 2.29. The van der Waals surface area contributed by atoms with Gasteiger partial charge in [-0.15, -0.1) is 0 Å². The predicted molar refractivity (Wildman–Crippen MR) is 77.4 cm³/mol. The molecule has 2 atom stereocenters. The number of carbonyl (C=O) groups is 1.